The van der Waals surface area contributed by atoms with Gasteiger partial charge in [0.05, 0.1) is 13.7 Å². The van der Waals surface area contributed by atoms with E-state index in [0.29, 0.717) is 24.4 Å². The van der Waals surface area contributed by atoms with Crippen LogP contribution < -0.4 is 4.74 Å². The van der Waals surface area contributed by atoms with Gasteiger partial charge < -0.3 is 9.84 Å². The molecule has 0 aliphatic carbocycles. The molecule has 5 nitrogen and oxygen atoms in total. The van der Waals surface area contributed by atoms with Crippen molar-refractivity contribution >= 4 is 11.8 Å². The summed E-state index contributed by atoms with van der Waals surface area (Å²) >= 11 is 0. The second kappa shape index (κ2) is 7.45. The average molecular weight is 277 g/mol. The summed E-state index contributed by atoms with van der Waals surface area (Å²) in [5, 5.41) is 8.90. The maximum atomic E-state index is 11.4. The van der Waals surface area contributed by atoms with Crippen LogP contribution in [0.5, 0.6) is 5.75 Å². The Kier molecular flexibility index (Phi) is 5.93. The molecule has 1 aromatic rings. The summed E-state index contributed by atoms with van der Waals surface area (Å²) in [5.74, 6) is -0.314. The molecule has 0 heterocycles. The van der Waals surface area contributed by atoms with Crippen molar-refractivity contribution in [1.82, 2.24) is 4.90 Å². The van der Waals surface area contributed by atoms with Gasteiger partial charge >= 0.3 is 5.97 Å². The van der Waals surface area contributed by atoms with Gasteiger partial charge in [0, 0.05) is 24.2 Å². The van der Waals surface area contributed by atoms with Gasteiger partial charge in [-0.3, -0.25) is 14.5 Å². The monoisotopic (exact) mass is 277 g/mol. The van der Waals surface area contributed by atoms with Crippen molar-refractivity contribution in [1.29, 1.82) is 0 Å². The fraction of sp³-hybridized carbons (Fsp3) is 0.333. The van der Waals surface area contributed by atoms with Gasteiger partial charge in [-0.25, -0.2) is 0 Å². The first kappa shape index (κ1) is 15.9. The van der Waals surface area contributed by atoms with Crippen molar-refractivity contribution < 1.29 is 19.4 Å². The molecule has 0 unspecified atom stereocenters. The lowest BCUT2D eigenvalue weighted by Crippen LogP contribution is -2.29. The molecule has 0 aliphatic heterocycles. The highest BCUT2D eigenvalue weighted by Gasteiger charge is 2.13. The summed E-state index contributed by atoms with van der Waals surface area (Å²) in [4.78, 5) is 24.0. The number of nitrogens with zero attached hydrogens (tertiary/aromatic N) is 1. The molecule has 108 valence electrons. The predicted molar refractivity (Wildman–Crippen MR) is 76.1 cm³/mol. The highest BCUT2D eigenvalue weighted by atomic mass is 16.5. The number of carboxylic acid groups (broad SMARTS) is 1. The summed E-state index contributed by atoms with van der Waals surface area (Å²) < 4.78 is 5.25. The maximum absolute atomic E-state index is 11.4. The molecule has 0 bridgehead atoms. The molecule has 1 N–H and O–H groups in total. The third-order valence-corrected chi connectivity index (χ3v) is 2.83. The third kappa shape index (κ3) is 4.51. The number of ether oxygens (including phenoxy) is 1. The number of aliphatic carboxylic acids is 1. The molecule has 1 rings (SSSR count). The molecule has 0 aliphatic rings. The highest BCUT2D eigenvalue weighted by molar-refractivity contribution is 5.94. The number of rotatable bonds is 8. The van der Waals surface area contributed by atoms with E-state index in [0.717, 1.165) is 5.56 Å². The second-order valence-electron chi connectivity index (χ2n) is 4.43. The van der Waals surface area contributed by atoms with Gasteiger partial charge in [-0.15, -0.1) is 6.58 Å². The molecule has 0 saturated carbocycles. The van der Waals surface area contributed by atoms with Gasteiger partial charge in [0.2, 0.25) is 0 Å². The number of Topliss-reactive ketones (excluding diaryl/α,β-unsaturated/α-hetero) is 1. The molecule has 0 amide bonds. The molecule has 0 fully saturated rings. The van der Waals surface area contributed by atoms with Gasteiger partial charge in [-0.2, -0.15) is 0 Å². The van der Waals surface area contributed by atoms with Crippen molar-refractivity contribution in [3.8, 4) is 5.75 Å². The zero-order chi connectivity index (χ0) is 15.1. The normalized spacial score (nSPS) is 10.3. The van der Waals surface area contributed by atoms with Crippen molar-refractivity contribution in [2.24, 2.45) is 0 Å². The minimum absolute atomic E-state index is 0.0394. The van der Waals surface area contributed by atoms with Crippen molar-refractivity contribution in [3.63, 3.8) is 0 Å². The number of carboxylic acids is 1. The Bertz CT molecular complexity index is 511. The van der Waals surface area contributed by atoms with Crippen LogP contribution in [0.2, 0.25) is 0 Å². The lowest BCUT2D eigenvalue weighted by Gasteiger charge is -2.20. The highest BCUT2D eigenvalue weighted by Crippen LogP contribution is 2.22. The first-order valence-electron chi connectivity index (χ1n) is 6.20. The lowest BCUT2D eigenvalue weighted by molar-refractivity contribution is -0.138. The van der Waals surface area contributed by atoms with Crippen LogP contribution in [-0.2, 0) is 11.3 Å². The number of carbonyl (C=O) groups excluding carboxylic acids is 1. The molecule has 20 heavy (non-hydrogen) atoms. The quantitative estimate of drug-likeness (QED) is 0.581. The van der Waals surface area contributed by atoms with Crippen LogP contribution in [0.15, 0.2) is 30.9 Å². The fourth-order valence-corrected chi connectivity index (χ4v) is 1.92. The molecule has 0 spiro atoms. The second-order valence-corrected chi connectivity index (χ2v) is 4.43. The number of methoxy groups -OCH3 is 1. The van der Waals surface area contributed by atoms with Crippen LogP contribution in [0.25, 0.3) is 0 Å². The Hall–Kier alpha value is -2.14. The molecule has 0 aromatic heterocycles. The SMILES string of the molecule is C=CCN(CC(=O)O)Cc1cc(C(C)=O)ccc1OC. The molecular formula is C15H19NO4. The van der Waals surface area contributed by atoms with Crippen LogP contribution in [0.4, 0.5) is 0 Å². The van der Waals surface area contributed by atoms with Crippen LogP contribution in [0, 0.1) is 0 Å². The predicted octanol–water partition coefficient (Wildman–Crippen LogP) is 1.97. The van der Waals surface area contributed by atoms with Crippen molar-refractivity contribution in [2.75, 3.05) is 20.2 Å². The first-order valence-corrected chi connectivity index (χ1v) is 6.20. The van der Waals surface area contributed by atoms with E-state index in [9.17, 15) is 9.59 Å². The Balaban J connectivity index is 3.02. The van der Waals surface area contributed by atoms with Crippen molar-refractivity contribution in [2.45, 2.75) is 13.5 Å². The number of hydrogen-bond donors (Lipinski definition) is 1. The Morgan fingerprint density at radius 3 is 2.65 bits per heavy atom. The Labute approximate surface area is 118 Å². The Morgan fingerprint density at radius 2 is 2.15 bits per heavy atom. The summed E-state index contributed by atoms with van der Waals surface area (Å²) in [7, 11) is 1.54. The topological polar surface area (TPSA) is 66.8 Å². The van der Waals surface area contributed by atoms with E-state index in [1.807, 2.05) is 0 Å². The number of ketones is 1. The maximum Gasteiger partial charge on any atom is 0.317 e. The first-order chi connectivity index (χ1) is 9.47. The van der Waals surface area contributed by atoms with E-state index >= 15 is 0 Å². The molecule has 5 heteroatoms. The lowest BCUT2D eigenvalue weighted by atomic mass is 10.1. The van der Waals surface area contributed by atoms with E-state index in [-0.39, 0.29) is 12.3 Å². The summed E-state index contributed by atoms with van der Waals surface area (Å²) in [6, 6.07) is 5.15. The van der Waals surface area contributed by atoms with Gasteiger partial charge in [0.15, 0.2) is 5.78 Å². The van der Waals surface area contributed by atoms with E-state index in [1.165, 1.54) is 6.92 Å². The molecular weight excluding hydrogens is 258 g/mol. The summed E-state index contributed by atoms with van der Waals surface area (Å²) in [5.41, 5.74) is 1.36. The standard InChI is InChI=1S/C15H19NO4/c1-4-7-16(10-15(18)19)9-13-8-12(11(2)17)5-6-14(13)20-3/h4-6,8H,1,7,9-10H2,2-3H3,(H,18,19). The Morgan fingerprint density at radius 1 is 1.45 bits per heavy atom. The zero-order valence-corrected chi connectivity index (χ0v) is 11.8. The average Bonchev–Trinajstić information content (AvgIpc) is 2.38. The van der Waals surface area contributed by atoms with Crippen LogP contribution in [-0.4, -0.2) is 42.0 Å². The van der Waals surface area contributed by atoms with E-state index in [4.69, 9.17) is 9.84 Å². The smallest absolute Gasteiger partial charge is 0.317 e. The van der Waals surface area contributed by atoms with Crippen LogP contribution >= 0.6 is 0 Å². The third-order valence-electron chi connectivity index (χ3n) is 2.83. The van der Waals surface area contributed by atoms with Crippen LogP contribution in [0.1, 0.15) is 22.8 Å². The van der Waals surface area contributed by atoms with Gasteiger partial charge in [0.1, 0.15) is 5.75 Å². The number of hydrogen-bond acceptors (Lipinski definition) is 4. The molecule has 0 atom stereocenters. The number of benzene rings is 1. The van der Waals surface area contributed by atoms with Gasteiger partial charge in [0.25, 0.3) is 0 Å². The van der Waals surface area contributed by atoms with Gasteiger partial charge in [-0.05, 0) is 25.1 Å². The van der Waals surface area contributed by atoms with Crippen LogP contribution in [0.3, 0.4) is 0 Å². The van der Waals surface area contributed by atoms with E-state index in [2.05, 4.69) is 6.58 Å². The number of carbonyl (C=O) groups is 2. The summed E-state index contributed by atoms with van der Waals surface area (Å²) in [6.07, 6.45) is 1.64. The largest absolute Gasteiger partial charge is 0.496 e. The zero-order valence-electron chi connectivity index (χ0n) is 11.8. The van der Waals surface area contributed by atoms with E-state index in [1.54, 1.807) is 36.3 Å². The minimum atomic E-state index is -0.909. The molecule has 0 radical (unpaired) electrons. The molecule has 0 saturated heterocycles. The summed E-state index contributed by atoms with van der Waals surface area (Å²) in [6.45, 7) is 5.83. The van der Waals surface area contributed by atoms with Crippen molar-refractivity contribution in [3.05, 3.63) is 42.0 Å². The van der Waals surface area contributed by atoms with Gasteiger partial charge in [-0.1, -0.05) is 6.08 Å². The fourth-order valence-electron chi connectivity index (χ4n) is 1.92. The molecule has 1 aromatic carbocycles. The minimum Gasteiger partial charge on any atom is -0.496 e. The van der Waals surface area contributed by atoms with E-state index < -0.39 is 5.97 Å².